The van der Waals surface area contributed by atoms with Gasteiger partial charge in [-0.05, 0) is 24.3 Å². The zero-order valence-corrected chi connectivity index (χ0v) is 10.7. The van der Waals surface area contributed by atoms with Crippen LogP contribution in [0.1, 0.15) is 5.56 Å². The standard InChI is InChI=1S/C16H15NO2/c1-19-15-10-6-5-7-13(15)11-12-16(18)17-14-8-3-2-4-9-14/h2-12H,1H3,(H,17,18). The normalized spacial score (nSPS) is 10.4. The van der Waals surface area contributed by atoms with Crippen LogP contribution in [-0.4, -0.2) is 13.0 Å². The number of carbonyl (C=O) groups excluding carboxylic acids is 1. The Morgan fingerprint density at radius 2 is 1.74 bits per heavy atom. The summed E-state index contributed by atoms with van der Waals surface area (Å²) in [5.74, 6) is 0.573. The smallest absolute Gasteiger partial charge is 0.248 e. The number of amides is 1. The predicted molar refractivity (Wildman–Crippen MR) is 77.1 cm³/mol. The van der Waals surface area contributed by atoms with E-state index in [1.807, 2.05) is 54.6 Å². The number of methoxy groups -OCH3 is 1. The summed E-state index contributed by atoms with van der Waals surface area (Å²) in [4.78, 5) is 11.7. The minimum Gasteiger partial charge on any atom is -0.496 e. The molecule has 0 unspecified atom stereocenters. The van der Waals surface area contributed by atoms with Crippen molar-refractivity contribution < 1.29 is 9.53 Å². The molecule has 0 bridgehead atoms. The first-order chi connectivity index (χ1) is 9.29. The zero-order chi connectivity index (χ0) is 13.5. The maximum atomic E-state index is 11.7. The minimum atomic E-state index is -0.169. The molecule has 96 valence electrons. The van der Waals surface area contributed by atoms with Gasteiger partial charge in [0.25, 0.3) is 0 Å². The molecule has 0 saturated heterocycles. The summed E-state index contributed by atoms with van der Waals surface area (Å²) in [6.45, 7) is 0. The number of para-hydroxylation sites is 2. The quantitative estimate of drug-likeness (QED) is 0.849. The molecular weight excluding hydrogens is 238 g/mol. The second-order valence-corrected chi connectivity index (χ2v) is 3.93. The maximum Gasteiger partial charge on any atom is 0.248 e. The molecular formula is C16H15NO2. The van der Waals surface area contributed by atoms with Crippen molar-refractivity contribution in [1.29, 1.82) is 0 Å². The van der Waals surface area contributed by atoms with Gasteiger partial charge in [-0.15, -0.1) is 0 Å². The van der Waals surface area contributed by atoms with E-state index >= 15 is 0 Å². The van der Waals surface area contributed by atoms with Crippen LogP contribution in [0, 0.1) is 0 Å². The molecule has 2 aromatic rings. The Hall–Kier alpha value is -2.55. The van der Waals surface area contributed by atoms with Crippen LogP contribution in [-0.2, 0) is 4.79 Å². The van der Waals surface area contributed by atoms with Crippen LogP contribution in [0.15, 0.2) is 60.7 Å². The summed E-state index contributed by atoms with van der Waals surface area (Å²) in [5.41, 5.74) is 1.64. The third-order valence-electron chi connectivity index (χ3n) is 2.59. The first kappa shape index (κ1) is 12.9. The van der Waals surface area contributed by atoms with Crippen LogP contribution in [0.3, 0.4) is 0 Å². The molecule has 3 nitrogen and oxygen atoms in total. The topological polar surface area (TPSA) is 38.3 Å². The van der Waals surface area contributed by atoms with E-state index in [4.69, 9.17) is 4.74 Å². The molecule has 19 heavy (non-hydrogen) atoms. The number of hydrogen-bond acceptors (Lipinski definition) is 2. The number of carbonyl (C=O) groups is 1. The lowest BCUT2D eigenvalue weighted by molar-refractivity contribution is -0.111. The van der Waals surface area contributed by atoms with Gasteiger partial charge in [0.15, 0.2) is 0 Å². The van der Waals surface area contributed by atoms with E-state index in [1.54, 1.807) is 13.2 Å². The fourth-order valence-electron chi connectivity index (χ4n) is 1.67. The Balaban J connectivity index is 2.04. The van der Waals surface area contributed by atoms with E-state index in [2.05, 4.69) is 5.32 Å². The number of ether oxygens (including phenoxy) is 1. The molecule has 3 heteroatoms. The van der Waals surface area contributed by atoms with E-state index in [9.17, 15) is 4.79 Å². The fourth-order valence-corrected chi connectivity index (χ4v) is 1.67. The molecule has 0 aromatic heterocycles. The molecule has 0 spiro atoms. The summed E-state index contributed by atoms with van der Waals surface area (Å²) in [6.07, 6.45) is 3.22. The molecule has 0 radical (unpaired) electrons. The van der Waals surface area contributed by atoms with Gasteiger partial charge in [0.05, 0.1) is 7.11 Å². The van der Waals surface area contributed by atoms with E-state index in [0.29, 0.717) is 0 Å². The highest BCUT2D eigenvalue weighted by Crippen LogP contribution is 2.18. The van der Waals surface area contributed by atoms with Crippen LogP contribution in [0.4, 0.5) is 5.69 Å². The van der Waals surface area contributed by atoms with Gasteiger partial charge in [0.1, 0.15) is 5.75 Å². The highest BCUT2D eigenvalue weighted by Gasteiger charge is 1.99. The second kappa shape index (κ2) is 6.40. The number of nitrogens with one attached hydrogen (secondary N) is 1. The maximum absolute atomic E-state index is 11.7. The Labute approximate surface area is 112 Å². The van der Waals surface area contributed by atoms with Crippen LogP contribution in [0.25, 0.3) is 6.08 Å². The van der Waals surface area contributed by atoms with Gasteiger partial charge in [0, 0.05) is 17.3 Å². The molecule has 0 fully saturated rings. The van der Waals surface area contributed by atoms with E-state index < -0.39 is 0 Å². The van der Waals surface area contributed by atoms with Crippen molar-refractivity contribution in [1.82, 2.24) is 0 Å². The predicted octanol–water partition coefficient (Wildman–Crippen LogP) is 3.35. The van der Waals surface area contributed by atoms with Gasteiger partial charge in [0.2, 0.25) is 5.91 Å². The third-order valence-corrected chi connectivity index (χ3v) is 2.59. The van der Waals surface area contributed by atoms with Crippen LogP contribution >= 0.6 is 0 Å². The number of hydrogen-bond donors (Lipinski definition) is 1. The van der Waals surface area contributed by atoms with Crippen molar-refractivity contribution in [2.24, 2.45) is 0 Å². The summed E-state index contributed by atoms with van der Waals surface area (Å²) >= 11 is 0. The lowest BCUT2D eigenvalue weighted by Crippen LogP contribution is -2.07. The van der Waals surface area contributed by atoms with Crippen LogP contribution in [0.2, 0.25) is 0 Å². The van der Waals surface area contributed by atoms with Gasteiger partial charge < -0.3 is 10.1 Å². The van der Waals surface area contributed by atoms with Gasteiger partial charge in [-0.1, -0.05) is 36.4 Å². The Morgan fingerprint density at radius 3 is 2.47 bits per heavy atom. The number of benzene rings is 2. The lowest BCUT2D eigenvalue weighted by Gasteiger charge is -2.04. The van der Waals surface area contributed by atoms with E-state index in [1.165, 1.54) is 6.08 Å². The summed E-state index contributed by atoms with van der Waals surface area (Å²) in [7, 11) is 1.61. The number of anilines is 1. The fraction of sp³-hybridized carbons (Fsp3) is 0.0625. The minimum absolute atomic E-state index is 0.169. The van der Waals surface area contributed by atoms with Crippen molar-refractivity contribution in [3.05, 3.63) is 66.2 Å². The van der Waals surface area contributed by atoms with Crippen LogP contribution in [0.5, 0.6) is 5.75 Å². The van der Waals surface area contributed by atoms with Crippen molar-refractivity contribution in [3.8, 4) is 5.75 Å². The first-order valence-electron chi connectivity index (χ1n) is 5.97. The second-order valence-electron chi connectivity index (χ2n) is 3.93. The SMILES string of the molecule is COc1ccccc1C=CC(=O)Nc1ccccc1. The molecule has 1 amide bonds. The highest BCUT2D eigenvalue weighted by molar-refractivity contribution is 6.02. The summed E-state index contributed by atoms with van der Waals surface area (Å²) < 4.78 is 5.21. The van der Waals surface area contributed by atoms with E-state index in [-0.39, 0.29) is 5.91 Å². The monoisotopic (exact) mass is 253 g/mol. The molecule has 0 atom stereocenters. The van der Waals surface area contributed by atoms with Crippen LogP contribution < -0.4 is 10.1 Å². The molecule has 0 aliphatic rings. The molecule has 1 N–H and O–H groups in total. The highest BCUT2D eigenvalue weighted by atomic mass is 16.5. The molecule has 2 rings (SSSR count). The van der Waals surface area contributed by atoms with Crippen molar-refractivity contribution in [2.45, 2.75) is 0 Å². The first-order valence-corrected chi connectivity index (χ1v) is 5.97. The molecule has 0 saturated carbocycles. The van der Waals surface area contributed by atoms with Gasteiger partial charge in [-0.3, -0.25) is 4.79 Å². The van der Waals surface area contributed by atoms with Gasteiger partial charge in [-0.2, -0.15) is 0 Å². The van der Waals surface area contributed by atoms with E-state index in [0.717, 1.165) is 17.0 Å². The van der Waals surface area contributed by atoms with Gasteiger partial charge in [-0.25, -0.2) is 0 Å². The van der Waals surface area contributed by atoms with Crippen molar-refractivity contribution in [3.63, 3.8) is 0 Å². The zero-order valence-electron chi connectivity index (χ0n) is 10.7. The Morgan fingerprint density at radius 1 is 1.05 bits per heavy atom. The average molecular weight is 253 g/mol. The average Bonchev–Trinajstić information content (AvgIpc) is 2.46. The van der Waals surface area contributed by atoms with Crippen molar-refractivity contribution in [2.75, 3.05) is 12.4 Å². The Kier molecular flexibility index (Phi) is 4.34. The van der Waals surface area contributed by atoms with Gasteiger partial charge >= 0.3 is 0 Å². The largest absolute Gasteiger partial charge is 0.496 e. The number of rotatable bonds is 4. The Bertz CT molecular complexity index is 576. The summed E-state index contributed by atoms with van der Waals surface area (Å²) in [5, 5.41) is 2.78. The molecule has 0 heterocycles. The molecule has 0 aliphatic carbocycles. The summed E-state index contributed by atoms with van der Waals surface area (Å²) in [6, 6.07) is 16.9. The lowest BCUT2D eigenvalue weighted by atomic mass is 10.2. The molecule has 2 aromatic carbocycles. The molecule has 0 aliphatic heterocycles. The third kappa shape index (κ3) is 3.71. The van der Waals surface area contributed by atoms with Crippen molar-refractivity contribution >= 4 is 17.7 Å².